The lowest BCUT2D eigenvalue weighted by Gasteiger charge is -2.10. The summed E-state index contributed by atoms with van der Waals surface area (Å²) in [5.74, 6) is 0. The molecule has 5 rings (SSSR count). The minimum absolute atomic E-state index is 0.822. The van der Waals surface area contributed by atoms with E-state index in [2.05, 4.69) is 51.4 Å². The standard InChI is InChI=1S/C24H17N5/c1-3-11-26-21(5-1)23-15-19(16-24(28-23)22-6-2-4-12-27-22)18-7-9-20(10-8-18)29-14-13-25-17-29/h1-17H. The molecule has 4 aromatic heterocycles. The Morgan fingerprint density at radius 3 is 1.76 bits per heavy atom. The average molecular weight is 375 g/mol. The third-order valence-electron chi connectivity index (χ3n) is 4.68. The average Bonchev–Trinajstić information content (AvgIpc) is 3.35. The SMILES string of the molecule is c1ccc(-c2cc(-c3ccc(-n4ccnc4)cc3)cc(-c3ccccn3)n2)nc1. The van der Waals surface area contributed by atoms with Gasteiger partial charge in [-0.2, -0.15) is 0 Å². The molecule has 5 aromatic rings. The summed E-state index contributed by atoms with van der Waals surface area (Å²) in [5, 5.41) is 0. The molecule has 0 radical (unpaired) electrons. The van der Waals surface area contributed by atoms with Crippen molar-refractivity contribution in [2.45, 2.75) is 0 Å². The topological polar surface area (TPSA) is 56.5 Å². The zero-order valence-electron chi connectivity index (χ0n) is 15.6. The molecule has 0 aliphatic heterocycles. The van der Waals surface area contributed by atoms with E-state index in [0.717, 1.165) is 39.6 Å². The maximum atomic E-state index is 4.82. The Morgan fingerprint density at radius 2 is 1.24 bits per heavy atom. The summed E-state index contributed by atoms with van der Waals surface area (Å²) in [6.45, 7) is 0. The first-order valence-corrected chi connectivity index (χ1v) is 9.30. The highest BCUT2D eigenvalue weighted by Crippen LogP contribution is 2.29. The monoisotopic (exact) mass is 375 g/mol. The summed E-state index contributed by atoms with van der Waals surface area (Å²) < 4.78 is 1.98. The molecule has 5 heteroatoms. The molecule has 138 valence electrons. The van der Waals surface area contributed by atoms with Crippen molar-refractivity contribution in [3.05, 3.63) is 104 Å². The third kappa shape index (κ3) is 3.53. The van der Waals surface area contributed by atoms with Crippen molar-refractivity contribution in [2.24, 2.45) is 0 Å². The Bertz CT molecular complexity index is 1160. The lowest BCUT2D eigenvalue weighted by molar-refractivity contribution is 1.06. The molecule has 0 saturated carbocycles. The van der Waals surface area contributed by atoms with Gasteiger partial charge in [-0.15, -0.1) is 0 Å². The van der Waals surface area contributed by atoms with E-state index < -0.39 is 0 Å². The molecular formula is C24H17N5. The van der Waals surface area contributed by atoms with Crippen molar-refractivity contribution in [3.63, 3.8) is 0 Å². The van der Waals surface area contributed by atoms with Crippen LogP contribution in [0.2, 0.25) is 0 Å². The second-order valence-electron chi connectivity index (χ2n) is 6.57. The van der Waals surface area contributed by atoms with E-state index >= 15 is 0 Å². The predicted octanol–water partition coefficient (Wildman–Crippen LogP) is 5.06. The maximum absolute atomic E-state index is 4.82. The Kier molecular flexibility index (Phi) is 4.39. The van der Waals surface area contributed by atoms with E-state index in [4.69, 9.17) is 4.98 Å². The van der Waals surface area contributed by atoms with Crippen LogP contribution < -0.4 is 0 Å². The molecule has 0 fully saturated rings. The fraction of sp³-hybridized carbons (Fsp3) is 0. The number of benzene rings is 1. The lowest BCUT2D eigenvalue weighted by atomic mass is 10.0. The molecule has 1 aromatic carbocycles. The number of hydrogen-bond acceptors (Lipinski definition) is 4. The second-order valence-corrected chi connectivity index (χ2v) is 6.57. The molecule has 5 nitrogen and oxygen atoms in total. The van der Waals surface area contributed by atoms with Gasteiger partial charge in [-0.1, -0.05) is 24.3 Å². The molecule has 0 N–H and O–H groups in total. The van der Waals surface area contributed by atoms with Crippen LogP contribution in [0.1, 0.15) is 0 Å². The van der Waals surface area contributed by atoms with Crippen molar-refractivity contribution in [1.29, 1.82) is 0 Å². The number of imidazole rings is 1. The minimum Gasteiger partial charge on any atom is -0.306 e. The smallest absolute Gasteiger partial charge is 0.0991 e. The Morgan fingerprint density at radius 1 is 0.586 bits per heavy atom. The summed E-state index contributed by atoms with van der Waals surface area (Å²) in [7, 11) is 0. The van der Waals surface area contributed by atoms with Crippen LogP contribution in [0.4, 0.5) is 0 Å². The van der Waals surface area contributed by atoms with Gasteiger partial charge in [-0.05, 0) is 59.7 Å². The van der Waals surface area contributed by atoms with Crippen molar-refractivity contribution < 1.29 is 0 Å². The molecule has 4 heterocycles. The number of nitrogens with zero attached hydrogens (tertiary/aromatic N) is 5. The Labute approximate surface area is 168 Å². The normalized spacial score (nSPS) is 10.8. The Balaban J connectivity index is 1.62. The van der Waals surface area contributed by atoms with Crippen molar-refractivity contribution in [1.82, 2.24) is 24.5 Å². The van der Waals surface area contributed by atoms with Gasteiger partial charge < -0.3 is 4.57 Å². The van der Waals surface area contributed by atoms with E-state index in [9.17, 15) is 0 Å². The number of pyridine rings is 3. The summed E-state index contributed by atoms with van der Waals surface area (Å²) in [6.07, 6.45) is 9.06. The summed E-state index contributed by atoms with van der Waals surface area (Å²) in [6, 6.07) is 24.2. The molecule has 0 atom stereocenters. The van der Waals surface area contributed by atoms with Gasteiger partial charge in [0.15, 0.2) is 0 Å². The highest BCUT2D eigenvalue weighted by atomic mass is 15.0. The minimum atomic E-state index is 0.822. The third-order valence-corrected chi connectivity index (χ3v) is 4.68. The largest absolute Gasteiger partial charge is 0.306 e. The summed E-state index contributed by atoms with van der Waals surface area (Å²) in [5.41, 5.74) is 6.55. The summed E-state index contributed by atoms with van der Waals surface area (Å²) in [4.78, 5) is 17.9. The number of rotatable bonds is 4. The van der Waals surface area contributed by atoms with Crippen LogP contribution in [0, 0.1) is 0 Å². The van der Waals surface area contributed by atoms with Crippen LogP contribution in [-0.2, 0) is 0 Å². The molecule has 0 spiro atoms. The van der Waals surface area contributed by atoms with Crippen molar-refractivity contribution in [2.75, 3.05) is 0 Å². The Hall–Kier alpha value is -4.12. The van der Waals surface area contributed by atoms with Gasteiger partial charge in [0.25, 0.3) is 0 Å². The first kappa shape index (κ1) is 17.0. The van der Waals surface area contributed by atoms with Crippen LogP contribution >= 0.6 is 0 Å². The van der Waals surface area contributed by atoms with Gasteiger partial charge >= 0.3 is 0 Å². The van der Waals surface area contributed by atoms with E-state index in [1.807, 2.05) is 47.2 Å². The molecule has 29 heavy (non-hydrogen) atoms. The molecule has 0 bridgehead atoms. The van der Waals surface area contributed by atoms with E-state index in [1.165, 1.54) is 0 Å². The zero-order chi connectivity index (χ0) is 19.5. The molecule has 0 unspecified atom stereocenters. The van der Waals surface area contributed by atoms with Crippen molar-refractivity contribution in [3.8, 4) is 39.6 Å². The van der Waals surface area contributed by atoms with Crippen LogP contribution in [0.3, 0.4) is 0 Å². The van der Waals surface area contributed by atoms with Crippen LogP contribution in [0.25, 0.3) is 39.6 Å². The fourth-order valence-corrected chi connectivity index (χ4v) is 3.23. The van der Waals surface area contributed by atoms with Gasteiger partial charge in [0.2, 0.25) is 0 Å². The lowest BCUT2D eigenvalue weighted by Crippen LogP contribution is -1.94. The zero-order valence-corrected chi connectivity index (χ0v) is 15.6. The highest BCUT2D eigenvalue weighted by Gasteiger charge is 2.10. The van der Waals surface area contributed by atoms with Crippen LogP contribution in [-0.4, -0.2) is 24.5 Å². The molecule has 0 amide bonds. The van der Waals surface area contributed by atoms with Crippen LogP contribution in [0.15, 0.2) is 104 Å². The molecule has 0 saturated heterocycles. The number of hydrogen-bond donors (Lipinski definition) is 0. The van der Waals surface area contributed by atoms with Gasteiger partial charge in [0.05, 0.1) is 29.1 Å². The molecular weight excluding hydrogens is 358 g/mol. The van der Waals surface area contributed by atoms with Gasteiger partial charge in [0, 0.05) is 30.5 Å². The quantitative estimate of drug-likeness (QED) is 0.441. The molecule has 0 aliphatic carbocycles. The number of aromatic nitrogens is 5. The van der Waals surface area contributed by atoms with E-state index in [1.54, 1.807) is 24.9 Å². The van der Waals surface area contributed by atoms with Crippen molar-refractivity contribution >= 4 is 0 Å². The summed E-state index contributed by atoms with van der Waals surface area (Å²) >= 11 is 0. The van der Waals surface area contributed by atoms with Gasteiger partial charge in [-0.3, -0.25) is 9.97 Å². The first-order chi connectivity index (χ1) is 14.4. The predicted molar refractivity (Wildman–Crippen MR) is 113 cm³/mol. The highest BCUT2D eigenvalue weighted by molar-refractivity contribution is 5.75. The second kappa shape index (κ2) is 7.48. The maximum Gasteiger partial charge on any atom is 0.0991 e. The van der Waals surface area contributed by atoms with Gasteiger partial charge in [0.1, 0.15) is 0 Å². The fourth-order valence-electron chi connectivity index (χ4n) is 3.23. The van der Waals surface area contributed by atoms with E-state index in [0.29, 0.717) is 0 Å². The van der Waals surface area contributed by atoms with Crippen LogP contribution in [0.5, 0.6) is 0 Å². The molecule has 0 aliphatic rings. The van der Waals surface area contributed by atoms with E-state index in [-0.39, 0.29) is 0 Å². The van der Waals surface area contributed by atoms with Gasteiger partial charge in [-0.25, -0.2) is 9.97 Å². The first-order valence-electron chi connectivity index (χ1n) is 9.30.